The number of nitro groups is 1. The van der Waals surface area contributed by atoms with Crippen LogP contribution in [0.25, 0.3) is 11.3 Å². The van der Waals surface area contributed by atoms with E-state index in [1.165, 1.54) is 12.1 Å². The maximum absolute atomic E-state index is 10.5. The SMILES string of the molecule is C.Cc1ccc(-c2ccc([N+](=O)[O-])cc2Cl)o1.Cc1ccc(Cc2ccccc2Cl)o1. The lowest BCUT2D eigenvalue weighted by Crippen LogP contribution is -1.88. The number of hydrogen-bond acceptors (Lipinski definition) is 4. The molecule has 2 aromatic carbocycles. The lowest BCUT2D eigenvalue weighted by Gasteiger charge is -2.00. The summed E-state index contributed by atoms with van der Waals surface area (Å²) in [5, 5.41) is 11.6. The highest BCUT2D eigenvalue weighted by atomic mass is 35.5. The van der Waals surface area contributed by atoms with Crippen molar-refractivity contribution in [2.75, 3.05) is 0 Å². The summed E-state index contributed by atoms with van der Waals surface area (Å²) in [6.07, 6.45) is 0.757. The molecule has 7 heteroatoms. The Morgan fingerprint density at radius 1 is 0.871 bits per heavy atom. The Labute approximate surface area is 191 Å². The molecule has 2 aromatic heterocycles. The summed E-state index contributed by atoms with van der Waals surface area (Å²) in [5.41, 5.74) is 1.72. The standard InChI is InChI=1S/C12H11ClO.C11H8ClNO3.CH4/c1-9-6-7-11(14-9)8-10-4-2-3-5-12(10)13;1-7-2-5-11(16-7)9-4-3-8(13(14)15)6-10(9)12;/h2-7H,8H2,1H3;2-6H,1H3;1H4. The highest BCUT2D eigenvalue weighted by molar-refractivity contribution is 6.33. The Morgan fingerprint density at radius 2 is 1.55 bits per heavy atom. The van der Waals surface area contributed by atoms with Crippen LogP contribution in [-0.4, -0.2) is 4.92 Å². The van der Waals surface area contributed by atoms with Crippen molar-refractivity contribution in [3.8, 4) is 11.3 Å². The van der Waals surface area contributed by atoms with Gasteiger partial charge in [0, 0.05) is 29.1 Å². The fraction of sp³-hybridized carbons (Fsp3) is 0.167. The largest absolute Gasteiger partial charge is 0.466 e. The highest BCUT2D eigenvalue weighted by Crippen LogP contribution is 2.32. The van der Waals surface area contributed by atoms with E-state index >= 15 is 0 Å². The van der Waals surface area contributed by atoms with Gasteiger partial charge in [0.05, 0.1) is 9.95 Å². The molecule has 0 N–H and O–H groups in total. The molecule has 0 fully saturated rings. The average molecular weight is 460 g/mol. The smallest absolute Gasteiger partial charge is 0.270 e. The molecular formula is C24H23Cl2NO4. The quantitative estimate of drug-likeness (QED) is 0.227. The third kappa shape index (κ3) is 6.48. The minimum absolute atomic E-state index is 0. The topological polar surface area (TPSA) is 69.4 Å². The number of rotatable bonds is 4. The zero-order valence-corrected chi connectivity index (χ0v) is 17.9. The van der Waals surface area contributed by atoms with E-state index in [1.54, 1.807) is 12.1 Å². The van der Waals surface area contributed by atoms with E-state index in [0.29, 0.717) is 16.3 Å². The number of non-ortho nitro benzene ring substituents is 1. The number of furan rings is 2. The molecule has 4 rings (SSSR count). The van der Waals surface area contributed by atoms with Gasteiger partial charge in [-0.3, -0.25) is 10.1 Å². The van der Waals surface area contributed by atoms with Crippen LogP contribution in [-0.2, 0) is 6.42 Å². The first-order valence-corrected chi connectivity index (χ1v) is 9.88. The maximum atomic E-state index is 10.5. The fourth-order valence-electron chi connectivity index (χ4n) is 2.81. The monoisotopic (exact) mass is 459 g/mol. The number of halogens is 2. The molecule has 0 saturated heterocycles. The number of benzene rings is 2. The second kappa shape index (κ2) is 10.8. The van der Waals surface area contributed by atoms with Gasteiger partial charge in [0.15, 0.2) is 0 Å². The molecule has 0 spiro atoms. The van der Waals surface area contributed by atoms with Crippen molar-refractivity contribution in [1.82, 2.24) is 0 Å². The molecule has 0 radical (unpaired) electrons. The minimum Gasteiger partial charge on any atom is -0.466 e. The van der Waals surface area contributed by atoms with Crippen LogP contribution < -0.4 is 0 Å². The summed E-state index contributed by atoms with van der Waals surface area (Å²) in [7, 11) is 0. The van der Waals surface area contributed by atoms with E-state index < -0.39 is 4.92 Å². The maximum Gasteiger partial charge on any atom is 0.270 e. The van der Waals surface area contributed by atoms with Gasteiger partial charge in [0.1, 0.15) is 23.0 Å². The van der Waals surface area contributed by atoms with Crippen LogP contribution in [0.3, 0.4) is 0 Å². The van der Waals surface area contributed by atoms with Gasteiger partial charge in [-0.2, -0.15) is 0 Å². The normalized spacial score (nSPS) is 10.1. The van der Waals surface area contributed by atoms with E-state index in [0.717, 1.165) is 34.3 Å². The summed E-state index contributed by atoms with van der Waals surface area (Å²) in [5.74, 6) is 3.27. The van der Waals surface area contributed by atoms with Crippen LogP contribution >= 0.6 is 23.2 Å². The van der Waals surface area contributed by atoms with E-state index in [-0.39, 0.29) is 13.1 Å². The van der Waals surface area contributed by atoms with Crippen LogP contribution in [0.1, 0.15) is 30.3 Å². The summed E-state index contributed by atoms with van der Waals surface area (Å²) in [6.45, 7) is 3.76. The first-order valence-electron chi connectivity index (χ1n) is 9.13. The van der Waals surface area contributed by atoms with Crippen LogP contribution in [0.5, 0.6) is 0 Å². The van der Waals surface area contributed by atoms with Crippen LogP contribution in [0.2, 0.25) is 10.0 Å². The Kier molecular flexibility index (Phi) is 8.48. The molecule has 0 amide bonds. The first kappa shape index (κ1) is 24.3. The molecule has 4 aromatic rings. The zero-order valence-electron chi connectivity index (χ0n) is 16.4. The summed E-state index contributed by atoms with van der Waals surface area (Å²) in [6, 6.07) is 19.7. The molecule has 0 aliphatic heterocycles. The number of hydrogen-bond donors (Lipinski definition) is 0. The Morgan fingerprint density at radius 3 is 2.10 bits per heavy atom. The second-order valence-electron chi connectivity index (χ2n) is 6.61. The van der Waals surface area contributed by atoms with Gasteiger partial charge in [0.25, 0.3) is 5.69 Å². The van der Waals surface area contributed by atoms with Crippen molar-refractivity contribution in [2.45, 2.75) is 27.7 Å². The lowest BCUT2D eigenvalue weighted by molar-refractivity contribution is -0.384. The third-order valence-electron chi connectivity index (χ3n) is 4.29. The van der Waals surface area contributed by atoms with E-state index in [2.05, 4.69) is 0 Å². The van der Waals surface area contributed by atoms with E-state index in [9.17, 15) is 10.1 Å². The van der Waals surface area contributed by atoms with Crippen LogP contribution in [0.4, 0.5) is 5.69 Å². The number of aryl methyl sites for hydroxylation is 2. The lowest BCUT2D eigenvalue weighted by atomic mass is 10.1. The van der Waals surface area contributed by atoms with Crippen molar-refractivity contribution in [3.05, 3.63) is 110 Å². The molecule has 0 bridgehead atoms. The minimum atomic E-state index is -0.483. The molecular weight excluding hydrogens is 437 g/mol. The van der Waals surface area contributed by atoms with Gasteiger partial charge in [-0.05, 0) is 55.8 Å². The van der Waals surface area contributed by atoms with Crippen molar-refractivity contribution in [2.24, 2.45) is 0 Å². The molecule has 162 valence electrons. The third-order valence-corrected chi connectivity index (χ3v) is 4.97. The molecule has 0 aliphatic rings. The molecule has 2 heterocycles. The van der Waals surface area contributed by atoms with Crippen LogP contribution in [0, 0.1) is 24.0 Å². The van der Waals surface area contributed by atoms with E-state index in [1.807, 2.05) is 56.3 Å². The number of nitro benzene ring substituents is 1. The Balaban J connectivity index is 0.000000215. The van der Waals surface area contributed by atoms with Crippen molar-refractivity contribution < 1.29 is 13.8 Å². The number of nitrogens with zero attached hydrogens (tertiary/aromatic N) is 1. The molecule has 5 nitrogen and oxygen atoms in total. The van der Waals surface area contributed by atoms with Gasteiger partial charge in [0.2, 0.25) is 0 Å². The molecule has 31 heavy (non-hydrogen) atoms. The molecule has 0 atom stereocenters. The molecule has 0 aliphatic carbocycles. The Bertz CT molecular complexity index is 1160. The van der Waals surface area contributed by atoms with Crippen molar-refractivity contribution >= 4 is 28.9 Å². The summed E-state index contributed by atoms with van der Waals surface area (Å²) < 4.78 is 10.9. The summed E-state index contributed by atoms with van der Waals surface area (Å²) >= 11 is 12.0. The molecule has 0 saturated carbocycles. The zero-order chi connectivity index (χ0) is 21.7. The van der Waals surface area contributed by atoms with Gasteiger partial charge < -0.3 is 8.83 Å². The highest BCUT2D eigenvalue weighted by Gasteiger charge is 2.12. The average Bonchev–Trinajstić information content (AvgIpc) is 3.32. The summed E-state index contributed by atoms with van der Waals surface area (Å²) in [4.78, 5) is 10.0. The first-order chi connectivity index (χ1) is 14.3. The predicted molar refractivity (Wildman–Crippen MR) is 125 cm³/mol. The van der Waals surface area contributed by atoms with Gasteiger partial charge >= 0.3 is 0 Å². The van der Waals surface area contributed by atoms with Gasteiger partial charge in [-0.1, -0.05) is 48.8 Å². The second-order valence-corrected chi connectivity index (χ2v) is 7.43. The van der Waals surface area contributed by atoms with Crippen molar-refractivity contribution in [1.29, 1.82) is 0 Å². The van der Waals surface area contributed by atoms with E-state index in [4.69, 9.17) is 32.0 Å². The van der Waals surface area contributed by atoms with Gasteiger partial charge in [-0.25, -0.2) is 0 Å². The van der Waals surface area contributed by atoms with Crippen LogP contribution in [0.15, 0.2) is 75.6 Å². The predicted octanol–water partition coefficient (Wildman–Crippen LogP) is 8.28. The Hall–Kier alpha value is -3.02. The fourth-order valence-corrected chi connectivity index (χ4v) is 3.28. The van der Waals surface area contributed by atoms with Gasteiger partial charge in [-0.15, -0.1) is 0 Å². The molecule has 0 unspecified atom stereocenters. The van der Waals surface area contributed by atoms with Crippen molar-refractivity contribution in [3.63, 3.8) is 0 Å².